The number of hydrogen-bond donors (Lipinski definition) is 1. The maximum Gasteiger partial charge on any atom is 0.348 e. The van der Waals surface area contributed by atoms with Crippen molar-refractivity contribution in [2.45, 2.75) is 6.92 Å². The Morgan fingerprint density at radius 3 is 2.80 bits per heavy atom. The molecule has 0 bridgehead atoms. The predicted molar refractivity (Wildman–Crippen MR) is 75.8 cm³/mol. The predicted octanol–water partition coefficient (Wildman–Crippen LogP) is 3.99. The van der Waals surface area contributed by atoms with Gasteiger partial charge in [0, 0.05) is 5.69 Å². The van der Waals surface area contributed by atoms with Gasteiger partial charge in [0.2, 0.25) is 11.0 Å². The molecule has 1 N–H and O–H groups in total. The van der Waals surface area contributed by atoms with Gasteiger partial charge in [-0.2, -0.15) is 0 Å². The highest BCUT2D eigenvalue weighted by Crippen LogP contribution is 2.32. The molecule has 104 valence electrons. The largest absolute Gasteiger partial charge is 0.348 e. The number of aromatic nitrogens is 2. The molecule has 0 unspecified atom stereocenters. The van der Waals surface area contributed by atoms with Crippen molar-refractivity contribution >= 4 is 44.7 Å². The zero-order valence-electron chi connectivity index (χ0n) is 10.0. The summed E-state index contributed by atoms with van der Waals surface area (Å²) in [4.78, 5) is 17.6. The summed E-state index contributed by atoms with van der Waals surface area (Å²) in [5.74, 6) is -0.597. The third-order valence-electron chi connectivity index (χ3n) is 2.48. The van der Waals surface area contributed by atoms with E-state index in [0.29, 0.717) is 15.7 Å². The van der Waals surface area contributed by atoms with Gasteiger partial charge >= 0.3 is 5.69 Å². The second-order valence-electron chi connectivity index (χ2n) is 3.83. The molecule has 20 heavy (non-hydrogen) atoms. The van der Waals surface area contributed by atoms with Crippen molar-refractivity contribution in [3.05, 3.63) is 49.6 Å². The highest BCUT2D eigenvalue weighted by atomic mass is 79.9. The van der Waals surface area contributed by atoms with Crippen molar-refractivity contribution in [1.82, 2.24) is 9.97 Å². The van der Waals surface area contributed by atoms with E-state index < -0.39 is 16.4 Å². The van der Waals surface area contributed by atoms with Crippen LogP contribution in [0.25, 0.3) is 0 Å². The van der Waals surface area contributed by atoms with Crippen LogP contribution < -0.4 is 5.32 Å². The molecular formula is C11H7BrClFN4O2. The summed E-state index contributed by atoms with van der Waals surface area (Å²) >= 11 is 8.73. The highest BCUT2D eigenvalue weighted by molar-refractivity contribution is 9.10. The van der Waals surface area contributed by atoms with E-state index in [4.69, 9.17) is 11.6 Å². The Bertz CT molecular complexity index is 698. The first-order valence-corrected chi connectivity index (χ1v) is 6.44. The summed E-state index contributed by atoms with van der Waals surface area (Å²) in [7, 11) is 0. The summed E-state index contributed by atoms with van der Waals surface area (Å²) < 4.78 is 13.8. The Labute approximate surface area is 126 Å². The Balaban J connectivity index is 2.48. The lowest BCUT2D eigenvalue weighted by atomic mass is 10.2. The topological polar surface area (TPSA) is 81.0 Å². The van der Waals surface area contributed by atoms with Gasteiger partial charge in [-0.1, -0.05) is 11.6 Å². The maximum absolute atomic E-state index is 13.5. The van der Waals surface area contributed by atoms with E-state index in [1.54, 1.807) is 13.0 Å². The van der Waals surface area contributed by atoms with Gasteiger partial charge in [0.1, 0.15) is 12.1 Å². The zero-order chi connectivity index (χ0) is 14.9. The number of nitrogens with one attached hydrogen (secondary N) is 1. The van der Waals surface area contributed by atoms with Crippen LogP contribution in [-0.2, 0) is 0 Å². The summed E-state index contributed by atoms with van der Waals surface area (Å²) in [5.41, 5.74) is 0.572. The van der Waals surface area contributed by atoms with Crippen LogP contribution in [0.5, 0.6) is 0 Å². The zero-order valence-corrected chi connectivity index (χ0v) is 12.4. The molecular weight excluding hydrogens is 355 g/mol. The van der Waals surface area contributed by atoms with Crippen LogP contribution in [0, 0.1) is 22.9 Å². The molecule has 0 saturated carbocycles. The SMILES string of the molecule is Cc1cc(Br)c(F)cc1Nc1ncnc(Cl)c1[N+](=O)[O-]. The molecule has 1 aromatic carbocycles. The Morgan fingerprint density at radius 2 is 2.15 bits per heavy atom. The molecule has 6 nitrogen and oxygen atoms in total. The monoisotopic (exact) mass is 360 g/mol. The quantitative estimate of drug-likeness (QED) is 0.508. The molecule has 9 heteroatoms. The number of halogens is 3. The van der Waals surface area contributed by atoms with E-state index in [1.807, 2.05) is 0 Å². The first-order chi connectivity index (χ1) is 9.40. The molecule has 1 heterocycles. The second kappa shape index (κ2) is 5.68. The third-order valence-corrected chi connectivity index (χ3v) is 3.36. The van der Waals surface area contributed by atoms with Gasteiger partial charge in [0.15, 0.2) is 0 Å². The smallest absolute Gasteiger partial charge is 0.334 e. The number of nitrogens with zero attached hydrogens (tertiary/aromatic N) is 3. The lowest BCUT2D eigenvalue weighted by Gasteiger charge is -2.10. The number of rotatable bonds is 3. The van der Waals surface area contributed by atoms with E-state index in [1.165, 1.54) is 6.07 Å². The first-order valence-electron chi connectivity index (χ1n) is 5.27. The minimum absolute atomic E-state index is 0.0974. The molecule has 1 aromatic heterocycles. The molecule has 2 aromatic rings. The molecule has 0 spiro atoms. The third kappa shape index (κ3) is 2.86. The maximum atomic E-state index is 13.5. The number of hydrogen-bond acceptors (Lipinski definition) is 5. The van der Waals surface area contributed by atoms with Gasteiger partial charge < -0.3 is 5.32 Å². The van der Waals surface area contributed by atoms with Crippen LogP contribution in [-0.4, -0.2) is 14.9 Å². The van der Waals surface area contributed by atoms with Crippen molar-refractivity contribution in [2.24, 2.45) is 0 Å². The van der Waals surface area contributed by atoms with Gasteiger partial charge in [0.25, 0.3) is 0 Å². The van der Waals surface area contributed by atoms with Crippen LogP contribution in [0.1, 0.15) is 5.56 Å². The first kappa shape index (κ1) is 14.6. The van der Waals surface area contributed by atoms with Crippen molar-refractivity contribution in [3.63, 3.8) is 0 Å². The molecule has 0 aliphatic heterocycles. The van der Waals surface area contributed by atoms with Crippen molar-refractivity contribution in [3.8, 4) is 0 Å². The van der Waals surface area contributed by atoms with Crippen LogP contribution >= 0.6 is 27.5 Å². The average Bonchev–Trinajstić information content (AvgIpc) is 2.35. The molecule has 0 aliphatic carbocycles. The van der Waals surface area contributed by atoms with Crippen LogP contribution in [0.3, 0.4) is 0 Å². The molecule has 0 radical (unpaired) electrons. The van der Waals surface area contributed by atoms with Crippen LogP contribution in [0.4, 0.5) is 21.6 Å². The molecule has 2 rings (SSSR count). The van der Waals surface area contributed by atoms with Gasteiger partial charge in [-0.05, 0) is 40.5 Å². The minimum Gasteiger partial charge on any atom is -0.334 e. The van der Waals surface area contributed by atoms with Crippen LogP contribution in [0.2, 0.25) is 5.15 Å². The van der Waals surface area contributed by atoms with Gasteiger partial charge in [-0.25, -0.2) is 14.4 Å². The highest BCUT2D eigenvalue weighted by Gasteiger charge is 2.22. The normalized spacial score (nSPS) is 10.4. The minimum atomic E-state index is -0.699. The summed E-state index contributed by atoms with van der Waals surface area (Å²) in [6.45, 7) is 1.72. The number of nitro groups is 1. The average molecular weight is 362 g/mol. The van der Waals surface area contributed by atoms with Crippen molar-refractivity contribution in [1.29, 1.82) is 0 Å². The number of aryl methyl sites for hydroxylation is 1. The standard InChI is InChI=1S/C11H7BrClFN4O2/c1-5-2-6(12)7(14)3-8(5)17-11-9(18(19)20)10(13)15-4-16-11/h2-4H,1H3,(H,15,16,17). The van der Waals surface area contributed by atoms with E-state index in [2.05, 4.69) is 31.2 Å². The second-order valence-corrected chi connectivity index (χ2v) is 5.04. The number of anilines is 2. The summed E-state index contributed by atoms with van der Waals surface area (Å²) in [6, 6.07) is 2.76. The van der Waals surface area contributed by atoms with Crippen LogP contribution in [0.15, 0.2) is 22.9 Å². The summed E-state index contributed by atoms with van der Waals surface area (Å²) in [5, 5.41) is 13.4. The van der Waals surface area contributed by atoms with E-state index in [0.717, 1.165) is 6.33 Å². The van der Waals surface area contributed by atoms with Gasteiger partial charge in [0.05, 0.1) is 9.40 Å². The van der Waals surface area contributed by atoms with Crippen molar-refractivity contribution < 1.29 is 9.31 Å². The van der Waals surface area contributed by atoms with E-state index in [-0.39, 0.29) is 11.0 Å². The number of benzene rings is 1. The molecule has 0 amide bonds. The fraction of sp³-hybridized carbons (Fsp3) is 0.0909. The molecule has 0 fully saturated rings. The fourth-order valence-corrected chi connectivity index (χ4v) is 2.18. The van der Waals surface area contributed by atoms with E-state index in [9.17, 15) is 14.5 Å². The van der Waals surface area contributed by atoms with E-state index >= 15 is 0 Å². The Morgan fingerprint density at radius 1 is 1.45 bits per heavy atom. The molecule has 0 atom stereocenters. The molecule has 0 aliphatic rings. The van der Waals surface area contributed by atoms with Gasteiger partial charge in [-0.3, -0.25) is 10.1 Å². The lowest BCUT2D eigenvalue weighted by Crippen LogP contribution is -2.03. The van der Waals surface area contributed by atoms with Gasteiger partial charge in [-0.15, -0.1) is 0 Å². The van der Waals surface area contributed by atoms with Crippen molar-refractivity contribution in [2.75, 3.05) is 5.32 Å². The lowest BCUT2D eigenvalue weighted by molar-refractivity contribution is -0.384. The summed E-state index contributed by atoms with van der Waals surface area (Å²) in [6.07, 6.45) is 1.09. The Kier molecular flexibility index (Phi) is 4.15. The molecule has 0 saturated heterocycles. The Hall–Kier alpha value is -1.80. The fourth-order valence-electron chi connectivity index (χ4n) is 1.52.